The number of nitrogens with zero attached hydrogens (tertiary/aromatic N) is 2. The van der Waals surface area contributed by atoms with Gasteiger partial charge in [-0.05, 0) is 35.4 Å². The highest BCUT2D eigenvalue weighted by molar-refractivity contribution is 5.77. The Hall–Kier alpha value is -3.50. The molecule has 0 amide bonds. The zero-order valence-electron chi connectivity index (χ0n) is 26.5. The third kappa shape index (κ3) is 8.75. The topological polar surface area (TPSA) is 89.5 Å². The van der Waals surface area contributed by atoms with Crippen LogP contribution >= 0.6 is 0 Å². The Kier molecular flexibility index (Phi) is 11.5. The summed E-state index contributed by atoms with van der Waals surface area (Å²) in [5.74, 6) is 1.97. The molecular formula is C32H48N2O8+2. The molecule has 42 heavy (non-hydrogen) atoms. The summed E-state index contributed by atoms with van der Waals surface area (Å²) in [5.41, 5.74) is 3.50. The normalized spacial score (nSPS) is 18.0. The van der Waals surface area contributed by atoms with Crippen LogP contribution in [0.3, 0.4) is 0 Å². The van der Waals surface area contributed by atoms with E-state index in [2.05, 4.69) is 25.2 Å². The van der Waals surface area contributed by atoms with Crippen LogP contribution in [0.2, 0.25) is 0 Å². The molecule has 10 nitrogen and oxygen atoms in total. The Balaban J connectivity index is 1.73. The monoisotopic (exact) mass is 588 g/mol. The number of hydrogen-bond acceptors (Lipinski definition) is 8. The number of carbonyl (C=O) groups is 2. The number of benzene rings is 2. The van der Waals surface area contributed by atoms with E-state index < -0.39 is 5.97 Å². The lowest BCUT2D eigenvalue weighted by molar-refractivity contribution is -0.941. The lowest BCUT2D eigenvalue weighted by atomic mass is 9.86. The van der Waals surface area contributed by atoms with Crippen molar-refractivity contribution < 1.29 is 47.0 Å². The maximum atomic E-state index is 12.5. The van der Waals surface area contributed by atoms with E-state index in [4.69, 9.17) is 28.4 Å². The van der Waals surface area contributed by atoms with Gasteiger partial charge in [0.05, 0.1) is 76.0 Å². The molecule has 3 rings (SSSR count). The minimum atomic E-state index is -0.398. The second-order valence-corrected chi connectivity index (χ2v) is 11.9. The van der Waals surface area contributed by atoms with Crippen LogP contribution < -0.4 is 18.9 Å². The maximum Gasteiger partial charge on any atom is 0.306 e. The van der Waals surface area contributed by atoms with Crippen LogP contribution in [0.1, 0.15) is 35.6 Å². The number of likely N-dealkylation sites (N-methyl/N-ethyl adjacent to an activating group) is 2. The van der Waals surface area contributed by atoms with E-state index in [1.807, 2.05) is 33.3 Å². The summed E-state index contributed by atoms with van der Waals surface area (Å²) in [5, 5.41) is 0. The first-order valence-corrected chi connectivity index (χ1v) is 14.3. The average molecular weight is 589 g/mol. The van der Waals surface area contributed by atoms with E-state index in [0.29, 0.717) is 51.7 Å². The van der Waals surface area contributed by atoms with E-state index in [1.165, 1.54) is 11.1 Å². The number of rotatable bonds is 15. The van der Waals surface area contributed by atoms with Crippen LogP contribution in [-0.2, 0) is 31.9 Å². The molecule has 0 N–H and O–H groups in total. The van der Waals surface area contributed by atoms with Crippen molar-refractivity contribution in [2.24, 2.45) is 0 Å². The molecule has 0 bridgehead atoms. The van der Waals surface area contributed by atoms with Crippen molar-refractivity contribution in [1.29, 1.82) is 0 Å². The van der Waals surface area contributed by atoms with E-state index in [-0.39, 0.29) is 31.5 Å². The fourth-order valence-corrected chi connectivity index (χ4v) is 5.31. The average Bonchev–Trinajstić information content (AvgIpc) is 2.96. The molecule has 1 heterocycles. The molecule has 0 aliphatic carbocycles. The van der Waals surface area contributed by atoms with Gasteiger partial charge < -0.3 is 37.4 Å². The first-order chi connectivity index (χ1) is 19.9. The highest BCUT2D eigenvalue weighted by Gasteiger charge is 2.40. The fourth-order valence-electron chi connectivity index (χ4n) is 5.31. The Morgan fingerprint density at radius 2 is 1.38 bits per heavy atom. The second kappa shape index (κ2) is 14.6. The molecule has 1 aliphatic heterocycles. The molecule has 0 saturated carbocycles. The molecule has 0 radical (unpaired) electrons. The number of quaternary nitrogens is 2. The number of fused-ring (bicyclic) bond motifs is 1. The summed E-state index contributed by atoms with van der Waals surface area (Å²) in [4.78, 5) is 24.5. The van der Waals surface area contributed by atoms with Gasteiger partial charge in [0, 0.05) is 18.4 Å². The minimum Gasteiger partial charge on any atom is -0.493 e. The molecular weight excluding hydrogens is 540 g/mol. The van der Waals surface area contributed by atoms with Gasteiger partial charge in [-0.15, -0.1) is 0 Å². The largest absolute Gasteiger partial charge is 0.493 e. The van der Waals surface area contributed by atoms with Crippen molar-refractivity contribution in [2.75, 3.05) is 89.5 Å². The fraction of sp³-hybridized carbons (Fsp3) is 0.562. The van der Waals surface area contributed by atoms with Gasteiger partial charge >= 0.3 is 11.9 Å². The molecule has 2 aromatic rings. The van der Waals surface area contributed by atoms with Gasteiger partial charge in [-0.2, -0.15) is 0 Å². The van der Waals surface area contributed by atoms with Gasteiger partial charge in [-0.25, -0.2) is 0 Å². The van der Waals surface area contributed by atoms with Gasteiger partial charge in [-0.1, -0.05) is 6.07 Å². The molecule has 0 fully saturated rings. The molecule has 2 aromatic carbocycles. The zero-order valence-corrected chi connectivity index (χ0v) is 26.5. The summed E-state index contributed by atoms with van der Waals surface area (Å²) in [6.45, 7) is 2.75. The van der Waals surface area contributed by atoms with Crippen LogP contribution in [0.4, 0.5) is 0 Å². The molecule has 10 heteroatoms. The first kappa shape index (κ1) is 33.0. The highest BCUT2D eigenvalue weighted by Crippen LogP contribution is 2.43. The van der Waals surface area contributed by atoms with Gasteiger partial charge in [0.2, 0.25) is 0 Å². The third-order valence-corrected chi connectivity index (χ3v) is 7.95. The Bertz CT molecular complexity index is 1230. The standard InChI is InChI=1S/C32H48N2O8/c1-33(2,3)15-17-41-31(35)11-12-32(36)42-18-16-34(4)14-13-24-21-29(39-7)30(40-8)22-25(24)26(34)19-23-9-10-27(37-5)28(20-23)38-6/h9-10,20-22,26H,11-19H2,1-8H3/q+2. The molecule has 2 unspecified atom stereocenters. The minimum absolute atomic E-state index is 0.00181. The van der Waals surface area contributed by atoms with Crippen molar-refractivity contribution >= 4 is 11.9 Å². The lowest BCUT2D eigenvalue weighted by Gasteiger charge is -2.46. The summed E-state index contributed by atoms with van der Waals surface area (Å²) < 4.78 is 34.5. The number of ether oxygens (including phenoxy) is 6. The quantitative estimate of drug-likeness (QED) is 0.231. The van der Waals surface area contributed by atoms with Crippen molar-refractivity contribution in [1.82, 2.24) is 0 Å². The van der Waals surface area contributed by atoms with Crippen LogP contribution in [0.5, 0.6) is 23.0 Å². The first-order valence-electron chi connectivity index (χ1n) is 14.3. The summed E-state index contributed by atoms with van der Waals surface area (Å²) in [6, 6.07) is 10.2. The van der Waals surface area contributed by atoms with E-state index in [0.717, 1.165) is 24.9 Å². The number of esters is 2. The highest BCUT2D eigenvalue weighted by atomic mass is 16.5. The molecule has 0 saturated heterocycles. The van der Waals surface area contributed by atoms with Crippen molar-refractivity contribution in [2.45, 2.75) is 31.7 Å². The molecule has 1 aliphatic rings. The van der Waals surface area contributed by atoms with Crippen LogP contribution in [0, 0.1) is 0 Å². The maximum absolute atomic E-state index is 12.5. The molecule has 0 aromatic heterocycles. The number of methoxy groups -OCH3 is 4. The van der Waals surface area contributed by atoms with Gasteiger partial charge in [0.1, 0.15) is 32.3 Å². The third-order valence-electron chi connectivity index (χ3n) is 7.95. The van der Waals surface area contributed by atoms with Gasteiger partial charge in [0.15, 0.2) is 23.0 Å². The van der Waals surface area contributed by atoms with Crippen LogP contribution in [-0.4, -0.2) is 110 Å². The zero-order chi connectivity index (χ0) is 30.9. The van der Waals surface area contributed by atoms with Crippen molar-refractivity contribution in [3.63, 3.8) is 0 Å². The second-order valence-electron chi connectivity index (χ2n) is 11.9. The number of hydrogen-bond donors (Lipinski definition) is 0. The number of carbonyl (C=O) groups excluding carboxylic acids is 2. The summed E-state index contributed by atoms with van der Waals surface area (Å²) in [7, 11) is 14.8. The van der Waals surface area contributed by atoms with Crippen LogP contribution in [0.15, 0.2) is 30.3 Å². The molecule has 0 spiro atoms. The van der Waals surface area contributed by atoms with Crippen LogP contribution in [0.25, 0.3) is 0 Å². The van der Waals surface area contributed by atoms with Crippen molar-refractivity contribution in [3.05, 3.63) is 47.0 Å². The summed E-state index contributed by atoms with van der Waals surface area (Å²) in [6.07, 6.45) is 1.59. The summed E-state index contributed by atoms with van der Waals surface area (Å²) >= 11 is 0. The Morgan fingerprint density at radius 1 is 0.810 bits per heavy atom. The van der Waals surface area contributed by atoms with E-state index in [9.17, 15) is 9.59 Å². The Morgan fingerprint density at radius 3 is 1.98 bits per heavy atom. The predicted molar refractivity (Wildman–Crippen MR) is 159 cm³/mol. The Labute approximate surface area is 250 Å². The molecule has 2 atom stereocenters. The molecule has 232 valence electrons. The van der Waals surface area contributed by atoms with Gasteiger partial charge in [0.25, 0.3) is 0 Å². The SMILES string of the molecule is COc1ccc(CC2c3cc(OC)c(OC)cc3CC[N+]2(C)CCOC(=O)CCC(=O)OCC[N+](C)(C)C)cc1OC. The van der Waals surface area contributed by atoms with Gasteiger partial charge in [-0.3, -0.25) is 9.59 Å². The van der Waals surface area contributed by atoms with E-state index >= 15 is 0 Å². The van der Waals surface area contributed by atoms with Crippen molar-refractivity contribution in [3.8, 4) is 23.0 Å². The van der Waals surface area contributed by atoms with E-state index in [1.54, 1.807) is 28.4 Å². The predicted octanol–water partition coefficient (Wildman–Crippen LogP) is 3.58. The smallest absolute Gasteiger partial charge is 0.306 e. The lowest BCUT2D eigenvalue weighted by Crippen LogP contribution is -2.53.